The Balaban J connectivity index is 2.74. The molecule has 78 valence electrons. The van der Waals surface area contributed by atoms with Crippen molar-refractivity contribution in [2.24, 2.45) is 0 Å². The fourth-order valence-corrected chi connectivity index (χ4v) is 1.93. The highest BCUT2D eigenvalue weighted by Crippen LogP contribution is 2.22. The second-order valence-corrected chi connectivity index (χ2v) is 4.16. The smallest absolute Gasteiger partial charge is 0.199 e. The van der Waals surface area contributed by atoms with E-state index in [2.05, 4.69) is 10.2 Å². The first-order valence-electron chi connectivity index (χ1n) is 4.50. The third-order valence-electron chi connectivity index (χ3n) is 2.18. The van der Waals surface area contributed by atoms with Gasteiger partial charge < -0.3 is 0 Å². The fraction of sp³-hybridized carbons (Fsp3) is 0.200. The molecule has 0 spiro atoms. The van der Waals surface area contributed by atoms with Gasteiger partial charge in [0, 0.05) is 0 Å². The van der Waals surface area contributed by atoms with E-state index < -0.39 is 0 Å². The Morgan fingerprint density at radius 1 is 1.40 bits per heavy atom. The molecule has 2 rings (SSSR count). The van der Waals surface area contributed by atoms with E-state index in [0.717, 1.165) is 17.1 Å². The van der Waals surface area contributed by atoms with Crippen LogP contribution in [-0.2, 0) is 0 Å². The predicted molar refractivity (Wildman–Crippen MR) is 63.2 cm³/mol. The van der Waals surface area contributed by atoms with Gasteiger partial charge in [0.15, 0.2) is 4.77 Å². The molecule has 0 saturated heterocycles. The van der Waals surface area contributed by atoms with Gasteiger partial charge in [-0.2, -0.15) is 5.10 Å². The van der Waals surface area contributed by atoms with Gasteiger partial charge in [0.05, 0.1) is 10.7 Å². The van der Waals surface area contributed by atoms with Gasteiger partial charge in [-0.25, -0.2) is 0 Å². The van der Waals surface area contributed by atoms with E-state index in [1.807, 2.05) is 36.6 Å². The molecule has 5 heteroatoms. The Morgan fingerprint density at radius 2 is 2.13 bits per heavy atom. The molecule has 15 heavy (non-hydrogen) atoms. The van der Waals surface area contributed by atoms with Crippen molar-refractivity contribution in [1.82, 2.24) is 14.8 Å². The number of nitrogens with zero attached hydrogens (tertiary/aromatic N) is 2. The van der Waals surface area contributed by atoms with Crippen LogP contribution in [0.1, 0.15) is 11.4 Å². The largest absolute Gasteiger partial charge is 0.271 e. The SMILES string of the molecule is Cc1ccc(Cl)c(-n2c(C)n[nH]c2=S)c1. The maximum atomic E-state index is 6.12. The third kappa shape index (κ3) is 1.82. The van der Waals surface area contributed by atoms with Gasteiger partial charge in [0.25, 0.3) is 0 Å². The number of aromatic nitrogens is 3. The molecule has 2 aromatic rings. The summed E-state index contributed by atoms with van der Waals surface area (Å²) in [6.45, 7) is 3.89. The van der Waals surface area contributed by atoms with Crippen LogP contribution in [0.3, 0.4) is 0 Å². The quantitative estimate of drug-likeness (QED) is 0.776. The van der Waals surface area contributed by atoms with Crippen LogP contribution < -0.4 is 0 Å². The second-order valence-electron chi connectivity index (χ2n) is 3.37. The molecule has 1 N–H and O–H groups in total. The molecular formula is C10H10ClN3S. The Bertz CT molecular complexity index is 556. The highest BCUT2D eigenvalue weighted by Gasteiger charge is 2.07. The number of nitrogens with one attached hydrogen (secondary N) is 1. The molecule has 0 aliphatic carbocycles. The minimum Gasteiger partial charge on any atom is -0.271 e. The van der Waals surface area contributed by atoms with Gasteiger partial charge in [-0.05, 0) is 43.8 Å². The van der Waals surface area contributed by atoms with E-state index in [4.69, 9.17) is 23.8 Å². The summed E-state index contributed by atoms with van der Waals surface area (Å²) >= 11 is 11.3. The molecule has 0 fully saturated rings. The van der Waals surface area contributed by atoms with Crippen LogP contribution in [0.25, 0.3) is 5.69 Å². The maximum Gasteiger partial charge on any atom is 0.199 e. The topological polar surface area (TPSA) is 33.6 Å². The summed E-state index contributed by atoms with van der Waals surface area (Å²) in [5.74, 6) is 0.799. The lowest BCUT2D eigenvalue weighted by Gasteiger charge is -2.07. The van der Waals surface area contributed by atoms with Gasteiger partial charge in [-0.1, -0.05) is 17.7 Å². The fourth-order valence-electron chi connectivity index (χ4n) is 1.45. The van der Waals surface area contributed by atoms with Crippen molar-refractivity contribution in [2.45, 2.75) is 13.8 Å². The number of H-pyrrole nitrogens is 1. The number of hydrogen-bond acceptors (Lipinski definition) is 2. The summed E-state index contributed by atoms with van der Waals surface area (Å²) in [7, 11) is 0. The van der Waals surface area contributed by atoms with Gasteiger partial charge in [-0.3, -0.25) is 9.67 Å². The molecule has 0 bridgehead atoms. The van der Waals surface area contributed by atoms with Crippen molar-refractivity contribution < 1.29 is 0 Å². The van der Waals surface area contributed by atoms with Crippen LogP contribution in [0.5, 0.6) is 0 Å². The number of rotatable bonds is 1. The van der Waals surface area contributed by atoms with E-state index in [1.165, 1.54) is 0 Å². The molecule has 1 aromatic carbocycles. The standard InChI is InChI=1S/C10H10ClN3S/c1-6-3-4-8(11)9(5-6)14-7(2)12-13-10(14)15/h3-5H,1-2H3,(H,13,15). The summed E-state index contributed by atoms with van der Waals surface area (Å²) in [6.07, 6.45) is 0. The van der Waals surface area contributed by atoms with E-state index in [0.29, 0.717) is 9.79 Å². The van der Waals surface area contributed by atoms with Gasteiger partial charge >= 0.3 is 0 Å². The lowest BCUT2D eigenvalue weighted by molar-refractivity contribution is 0.962. The van der Waals surface area contributed by atoms with Crippen molar-refractivity contribution in [1.29, 1.82) is 0 Å². The van der Waals surface area contributed by atoms with Gasteiger partial charge in [-0.15, -0.1) is 0 Å². The van der Waals surface area contributed by atoms with E-state index in [-0.39, 0.29) is 0 Å². The summed E-state index contributed by atoms with van der Waals surface area (Å²) in [4.78, 5) is 0. The minimum atomic E-state index is 0.556. The van der Waals surface area contributed by atoms with E-state index in [9.17, 15) is 0 Å². The lowest BCUT2D eigenvalue weighted by Crippen LogP contribution is -1.98. The van der Waals surface area contributed by atoms with Gasteiger partial charge in [0.1, 0.15) is 5.82 Å². The van der Waals surface area contributed by atoms with Crippen LogP contribution in [0.4, 0.5) is 0 Å². The number of halogens is 1. The zero-order valence-corrected chi connectivity index (χ0v) is 9.99. The average molecular weight is 240 g/mol. The summed E-state index contributed by atoms with van der Waals surface area (Å²) in [5.41, 5.74) is 2.00. The average Bonchev–Trinajstić information content (AvgIpc) is 2.51. The van der Waals surface area contributed by atoms with Crippen molar-refractivity contribution in [3.05, 3.63) is 39.4 Å². The predicted octanol–water partition coefficient (Wildman–Crippen LogP) is 3.20. The summed E-state index contributed by atoms with van der Waals surface area (Å²) < 4.78 is 2.38. The lowest BCUT2D eigenvalue weighted by atomic mass is 10.2. The maximum absolute atomic E-state index is 6.12. The first kappa shape index (κ1) is 10.4. The molecule has 0 unspecified atom stereocenters. The molecule has 0 radical (unpaired) electrons. The van der Waals surface area contributed by atoms with Crippen molar-refractivity contribution in [3.8, 4) is 5.69 Å². The van der Waals surface area contributed by atoms with Crippen LogP contribution in [-0.4, -0.2) is 14.8 Å². The zero-order chi connectivity index (χ0) is 11.0. The Labute approximate surface area is 97.7 Å². The first-order valence-corrected chi connectivity index (χ1v) is 5.29. The van der Waals surface area contributed by atoms with Crippen LogP contribution >= 0.6 is 23.8 Å². The molecule has 3 nitrogen and oxygen atoms in total. The Morgan fingerprint density at radius 3 is 2.73 bits per heavy atom. The van der Waals surface area contributed by atoms with Crippen molar-refractivity contribution >= 4 is 23.8 Å². The number of benzene rings is 1. The minimum absolute atomic E-state index is 0.556. The summed E-state index contributed by atoms with van der Waals surface area (Å²) in [5, 5.41) is 7.46. The van der Waals surface area contributed by atoms with E-state index >= 15 is 0 Å². The van der Waals surface area contributed by atoms with Crippen LogP contribution in [0.2, 0.25) is 5.02 Å². The normalized spacial score (nSPS) is 10.6. The molecule has 0 aliphatic heterocycles. The Hall–Kier alpha value is -1.13. The molecule has 0 amide bonds. The zero-order valence-electron chi connectivity index (χ0n) is 8.41. The molecule has 0 saturated carbocycles. The summed E-state index contributed by atoms with van der Waals surface area (Å²) in [6, 6.07) is 5.81. The molecule has 1 heterocycles. The molecule has 1 aromatic heterocycles. The number of aryl methyl sites for hydroxylation is 2. The third-order valence-corrected chi connectivity index (χ3v) is 2.78. The Kier molecular flexibility index (Phi) is 2.63. The van der Waals surface area contributed by atoms with Gasteiger partial charge in [0.2, 0.25) is 0 Å². The highest BCUT2D eigenvalue weighted by molar-refractivity contribution is 7.71. The van der Waals surface area contributed by atoms with Crippen molar-refractivity contribution in [3.63, 3.8) is 0 Å². The highest BCUT2D eigenvalue weighted by atomic mass is 35.5. The first-order chi connectivity index (χ1) is 7.09. The molecular weight excluding hydrogens is 230 g/mol. The van der Waals surface area contributed by atoms with Crippen LogP contribution in [0.15, 0.2) is 18.2 Å². The number of hydrogen-bond donors (Lipinski definition) is 1. The second kappa shape index (κ2) is 3.79. The van der Waals surface area contributed by atoms with E-state index in [1.54, 1.807) is 0 Å². The number of aromatic amines is 1. The van der Waals surface area contributed by atoms with Crippen molar-refractivity contribution in [2.75, 3.05) is 0 Å². The van der Waals surface area contributed by atoms with Crippen LogP contribution in [0, 0.1) is 18.6 Å². The molecule has 0 aliphatic rings. The molecule has 0 atom stereocenters. The monoisotopic (exact) mass is 239 g/mol.